The number of hydrogen-bond donors (Lipinski definition) is 3. The highest BCUT2D eigenvalue weighted by Crippen LogP contribution is 2.25. The lowest BCUT2D eigenvalue weighted by Crippen LogP contribution is -2.50. The fraction of sp³-hybridized carbons (Fsp3) is 0.458. The Hall–Kier alpha value is -2.77. The molecule has 164 valence electrons. The molecule has 3 atom stereocenters. The van der Waals surface area contributed by atoms with Crippen LogP contribution in [0.15, 0.2) is 48.7 Å². The highest BCUT2D eigenvalue weighted by Gasteiger charge is 2.36. The first-order valence-electron chi connectivity index (χ1n) is 11.1. The molecule has 2 fully saturated rings. The van der Waals surface area contributed by atoms with Crippen molar-refractivity contribution in [2.75, 3.05) is 18.4 Å². The van der Waals surface area contributed by atoms with Gasteiger partial charge >= 0.3 is 0 Å². The molecule has 31 heavy (non-hydrogen) atoms. The zero-order valence-corrected chi connectivity index (χ0v) is 18.2. The summed E-state index contributed by atoms with van der Waals surface area (Å²) in [6.07, 6.45) is 4.04. The van der Waals surface area contributed by atoms with E-state index >= 15 is 0 Å². The van der Waals surface area contributed by atoms with Crippen molar-refractivity contribution >= 4 is 17.5 Å². The number of rotatable bonds is 5. The van der Waals surface area contributed by atoms with Gasteiger partial charge < -0.3 is 10.2 Å². The van der Waals surface area contributed by atoms with Crippen molar-refractivity contribution in [2.24, 2.45) is 5.92 Å². The van der Waals surface area contributed by atoms with Crippen LogP contribution >= 0.6 is 0 Å². The average molecular weight is 422 g/mol. The number of likely N-dealkylation sites (tertiary alicyclic amines) is 1. The van der Waals surface area contributed by atoms with Crippen LogP contribution in [-0.2, 0) is 9.59 Å². The molecule has 1 aromatic carbocycles. The molecule has 2 saturated heterocycles. The molecule has 0 aliphatic carbocycles. The first kappa shape index (κ1) is 21.5. The third kappa shape index (κ3) is 5.11. The maximum absolute atomic E-state index is 13.1. The molecule has 0 spiro atoms. The van der Waals surface area contributed by atoms with E-state index in [1.807, 2.05) is 47.4 Å². The molecule has 3 heterocycles. The number of nitrogens with zero attached hydrogens (tertiary/aromatic N) is 2. The second kappa shape index (κ2) is 9.58. The van der Waals surface area contributed by atoms with Crippen molar-refractivity contribution < 1.29 is 9.59 Å². The van der Waals surface area contributed by atoms with E-state index in [0.29, 0.717) is 25.4 Å². The van der Waals surface area contributed by atoms with Crippen LogP contribution in [0.5, 0.6) is 0 Å². The summed E-state index contributed by atoms with van der Waals surface area (Å²) in [5, 5.41) is 3.02. The Kier molecular flexibility index (Phi) is 6.63. The predicted octanol–water partition coefficient (Wildman–Crippen LogP) is 2.99. The Morgan fingerprint density at radius 2 is 1.94 bits per heavy atom. The second-order valence-corrected chi connectivity index (χ2v) is 8.77. The van der Waals surface area contributed by atoms with E-state index in [9.17, 15) is 9.59 Å². The quantitative estimate of drug-likeness (QED) is 0.691. The normalized spacial score (nSPS) is 23.7. The van der Waals surface area contributed by atoms with Crippen LogP contribution in [0.2, 0.25) is 0 Å². The topological polar surface area (TPSA) is 86.4 Å². The lowest BCUT2D eigenvalue weighted by Gasteiger charge is -2.33. The Morgan fingerprint density at radius 3 is 2.65 bits per heavy atom. The van der Waals surface area contributed by atoms with Gasteiger partial charge in [-0.15, -0.1) is 0 Å². The van der Waals surface area contributed by atoms with Crippen LogP contribution in [0, 0.1) is 5.92 Å². The third-order valence-corrected chi connectivity index (χ3v) is 6.19. The van der Waals surface area contributed by atoms with E-state index in [1.54, 1.807) is 6.20 Å². The monoisotopic (exact) mass is 421 g/mol. The Morgan fingerprint density at radius 1 is 1.13 bits per heavy atom. The van der Waals surface area contributed by atoms with E-state index in [2.05, 4.69) is 35.0 Å². The van der Waals surface area contributed by atoms with Crippen LogP contribution in [-0.4, -0.2) is 40.8 Å². The van der Waals surface area contributed by atoms with Gasteiger partial charge in [0, 0.05) is 25.0 Å². The second-order valence-electron chi connectivity index (χ2n) is 8.77. The summed E-state index contributed by atoms with van der Waals surface area (Å²) >= 11 is 0. The first-order valence-corrected chi connectivity index (χ1v) is 11.1. The number of anilines is 1. The van der Waals surface area contributed by atoms with Gasteiger partial charge in [0.2, 0.25) is 11.8 Å². The van der Waals surface area contributed by atoms with Gasteiger partial charge in [-0.25, -0.2) is 10.9 Å². The van der Waals surface area contributed by atoms with Gasteiger partial charge in [-0.3, -0.25) is 14.6 Å². The van der Waals surface area contributed by atoms with Gasteiger partial charge in [-0.1, -0.05) is 32.0 Å². The zero-order chi connectivity index (χ0) is 21.8. The van der Waals surface area contributed by atoms with Crippen LogP contribution in [0.4, 0.5) is 5.69 Å². The SMILES string of the molecule is CC(C)c1ccc(NC(=O)C2CCCN(C(=O)C3CC(c4ccccn4)NN3)C2)cc1. The molecule has 0 bridgehead atoms. The number of nitrogens with one attached hydrogen (secondary N) is 3. The minimum Gasteiger partial charge on any atom is -0.341 e. The summed E-state index contributed by atoms with van der Waals surface area (Å²) in [4.78, 5) is 32.1. The highest BCUT2D eigenvalue weighted by atomic mass is 16.2. The van der Waals surface area contributed by atoms with Gasteiger partial charge in [0.1, 0.15) is 6.04 Å². The van der Waals surface area contributed by atoms with Crippen molar-refractivity contribution in [3.63, 3.8) is 0 Å². The molecule has 2 aromatic rings. The van der Waals surface area contributed by atoms with E-state index in [1.165, 1.54) is 5.56 Å². The number of piperidine rings is 1. The number of carbonyl (C=O) groups excluding carboxylic acids is 2. The Bertz CT molecular complexity index is 900. The van der Waals surface area contributed by atoms with E-state index in [-0.39, 0.29) is 29.8 Å². The molecule has 7 heteroatoms. The molecular formula is C24H31N5O2. The van der Waals surface area contributed by atoms with E-state index in [4.69, 9.17) is 0 Å². The van der Waals surface area contributed by atoms with Crippen molar-refractivity contribution in [3.05, 3.63) is 59.9 Å². The van der Waals surface area contributed by atoms with Gasteiger partial charge in [-0.2, -0.15) is 0 Å². The lowest BCUT2D eigenvalue weighted by molar-refractivity contribution is -0.136. The van der Waals surface area contributed by atoms with Gasteiger partial charge in [0.05, 0.1) is 17.7 Å². The molecule has 0 radical (unpaired) electrons. The average Bonchev–Trinajstić information content (AvgIpc) is 3.30. The van der Waals surface area contributed by atoms with Gasteiger partial charge in [0.15, 0.2) is 0 Å². The molecule has 4 rings (SSSR count). The molecule has 3 N–H and O–H groups in total. The molecule has 2 aliphatic heterocycles. The smallest absolute Gasteiger partial charge is 0.241 e. The number of benzene rings is 1. The van der Waals surface area contributed by atoms with E-state index < -0.39 is 0 Å². The number of pyridine rings is 1. The highest BCUT2D eigenvalue weighted by molar-refractivity contribution is 5.93. The molecule has 0 saturated carbocycles. The minimum absolute atomic E-state index is 0.00727. The van der Waals surface area contributed by atoms with Crippen LogP contribution < -0.4 is 16.2 Å². The summed E-state index contributed by atoms with van der Waals surface area (Å²) in [6.45, 7) is 5.45. The Balaban J connectivity index is 1.32. The van der Waals surface area contributed by atoms with Crippen LogP contribution in [0.1, 0.15) is 56.3 Å². The molecular weight excluding hydrogens is 390 g/mol. The third-order valence-electron chi connectivity index (χ3n) is 6.19. The first-order chi connectivity index (χ1) is 15.0. The molecule has 1 aromatic heterocycles. The van der Waals surface area contributed by atoms with Crippen molar-refractivity contribution in [3.8, 4) is 0 Å². The Labute approximate surface area is 183 Å². The van der Waals surface area contributed by atoms with Crippen molar-refractivity contribution in [1.29, 1.82) is 0 Å². The number of hydrazine groups is 1. The molecule has 7 nitrogen and oxygen atoms in total. The standard InChI is InChI=1S/C24H31N5O2/c1-16(2)17-8-10-19(11-9-17)26-23(30)18-6-5-13-29(15-18)24(31)22-14-21(27-28-22)20-7-3-4-12-25-20/h3-4,7-12,16,18,21-22,27-28H,5-6,13-15H2,1-2H3,(H,26,30). The zero-order valence-electron chi connectivity index (χ0n) is 18.2. The van der Waals surface area contributed by atoms with Gasteiger partial charge in [-0.05, 0) is 55.0 Å². The number of amides is 2. The summed E-state index contributed by atoms with van der Waals surface area (Å²) in [5.41, 5.74) is 9.27. The number of aromatic nitrogens is 1. The fourth-order valence-electron chi connectivity index (χ4n) is 4.30. The lowest BCUT2D eigenvalue weighted by atomic mass is 9.95. The van der Waals surface area contributed by atoms with Gasteiger partial charge in [0.25, 0.3) is 0 Å². The summed E-state index contributed by atoms with van der Waals surface area (Å²) < 4.78 is 0. The largest absolute Gasteiger partial charge is 0.341 e. The predicted molar refractivity (Wildman–Crippen MR) is 120 cm³/mol. The van der Waals surface area contributed by atoms with Crippen molar-refractivity contribution in [1.82, 2.24) is 20.7 Å². The van der Waals surface area contributed by atoms with Crippen molar-refractivity contribution in [2.45, 2.75) is 51.1 Å². The fourth-order valence-corrected chi connectivity index (χ4v) is 4.30. The molecule has 2 amide bonds. The summed E-state index contributed by atoms with van der Waals surface area (Å²) in [5.74, 6) is 0.297. The van der Waals surface area contributed by atoms with Crippen LogP contribution in [0.3, 0.4) is 0 Å². The van der Waals surface area contributed by atoms with Crippen LogP contribution in [0.25, 0.3) is 0 Å². The maximum Gasteiger partial charge on any atom is 0.241 e. The number of hydrogen-bond acceptors (Lipinski definition) is 5. The molecule has 2 aliphatic rings. The summed E-state index contributed by atoms with van der Waals surface area (Å²) in [7, 11) is 0. The number of carbonyl (C=O) groups is 2. The molecule has 3 unspecified atom stereocenters. The maximum atomic E-state index is 13.1. The minimum atomic E-state index is -0.308. The summed E-state index contributed by atoms with van der Waals surface area (Å²) in [6, 6.07) is 13.5. The van der Waals surface area contributed by atoms with E-state index in [0.717, 1.165) is 24.2 Å².